The molecule has 0 aliphatic heterocycles. The van der Waals surface area contributed by atoms with Crippen LogP contribution in [-0.4, -0.2) is 31.4 Å². The van der Waals surface area contributed by atoms with Crippen molar-refractivity contribution in [2.24, 2.45) is 0 Å². The first kappa shape index (κ1) is 20.9. The zero-order chi connectivity index (χ0) is 18.5. The summed E-state index contributed by atoms with van der Waals surface area (Å²) >= 11 is 3.47. The lowest BCUT2D eigenvalue weighted by Crippen LogP contribution is -2.17. The van der Waals surface area contributed by atoms with E-state index in [2.05, 4.69) is 69.8 Å². The molecule has 0 atom stereocenters. The Morgan fingerprint density at radius 3 is 2.08 bits per heavy atom. The third-order valence-corrected chi connectivity index (χ3v) is 4.80. The highest BCUT2D eigenvalue weighted by Crippen LogP contribution is 2.17. The van der Waals surface area contributed by atoms with Crippen LogP contribution in [0.4, 0.5) is 0 Å². The highest BCUT2D eigenvalue weighted by Gasteiger charge is 1.99. The quantitative estimate of drug-likeness (QED) is 0.451. The summed E-state index contributed by atoms with van der Waals surface area (Å²) in [4.78, 5) is 0. The number of benzene rings is 2. The van der Waals surface area contributed by atoms with Crippen molar-refractivity contribution in [3.63, 3.8) is 0 Å². The number of halogens is 1. The van der Waals surface area contributed by atoms with Crippen LogP contribution < -0.4 is 10.1 Å². The Bertz CT molecular complexity index is 599. The van der Waals surface area contributed by atoms with Gasteiger partial charge in [0.15, 0.2) is 0 Å². The van der Waals surface area contributed by atoms with Crippen LogP contribution in [-0.2, 0) is 6.42 Å². The van der Waals surface area contributed by atoms with E-state index in [0.717, 1.165) is 49.2 Å². The predicted octanol–water partition coefficient (Wildman–Crippen LogP) is 4.95. The summed E-state index contributed by atoms with van der Waals surface area (Å²) < 4.78 is 6.95. The maximum absolute atomic E-state index is 8.70. The predicted molar refractivity (Wildman–Crippen MR) is 112 cm³/mol. The molecule has 0 bridgehead atoms. The van der Waals surface area contributed by atoms with E-state index in [1.165, 1.54) is 30.4 Å². The third-order valence-electron chi connectivity index (χ3n) is 4.27. The lowest BCUT2D eigenvalue weighted by atomic mass is 10.1. The molecule has 0 heterocycles. The molecule has 142 valence electrons. The first-order valence-corrected chi connectivity index (χ1v) is 10.3. The average Bonchev–Trinajstić information content (AvgIpc) is 2.66. The Morgan fingerprint density at radius 1 is 0.769 bits per heavy atom. The monoisotopic (exact) mass is 419 g/mol. The van der Waals surface area contributed by atoms with E-state index in [-0.39, 0.29) is 6.61 Å². The van der Waals surface area contributed by atoms with Crippen molar-refractivity contribution >= 4 is 15.9 Å². The lowest BCUT2D eigenvalue weighted by molar-refractivity contribution is 0.285. The summed E-state index contributed by atoms with van der Waals surface area (Å²) in [6.07, 6.45) is 6.49. The molecule has 3 nitrogen and oxygen atoms in total. The summed E-state index contributed by atoms with van der Waals surface area (Å²) in [5, 5.41) is 12.0. The number of aliphatic hydroxyl groups excluding tert-OH is 1. The second-order valence-corrected chi connectivity index (χ2v) is 7.45. The molecule has 0 unspecified atom stereocenters. The lowest BCUT2D eigenvalue weighted by Gasteiger charge is -2.08. The van der Waals surface area contributed by atoms with Crippen molar-refractivity contribution in [2.45, 2.75) is 38.5 Å². The number of unbranched alkanes of at least 4 members (excludes halogenated alkanes) is 3. The summed E-state index contributed by atoms with van der Waals surface area (Å²) in [6.45, 7) is 3.01. The molecule has 0 aliphatic rings. The van der Waals surface area contributed by atoms with Gasteiger partial charge in [-0.3, -0.25) is 0 Å². The average molecular weight is 420 g/mol. The zero-order valence-electron chi connectivity index (χ0n) is 15.4. The normalized spacial score (nSPS) is 10.8. The summed E-state index contributed by atoms with van der Waals surface area (Å²) in [5.41, 5.74) is 2.61. The summed E-state index contributed by atoms with van der Waals surface area (Å²) in [7, 11) is 0. The molecule has 0 saturated heterocycles. The Labute approximate surface area is 165 Å². The zero-order valence-corrected chi connectivity index (χ0v) is 17.0. The minimum atomic E-state index is 0.273. The van der Waals surface area contributed by atoms with Gasteiger partial charge >= 0.3 is 0 Å². The SMILES string of the molecule is OCCCNCCCCCCOc1ccc(Cc2ccc(Br)cc2)cc1. The second-order valence-electron chi connectivity index (χ2n) is 6.54. The van der Waals surface area contributed by atoms with Crippen LogP contribution in [0, 0.1) is 0 Å². The van der Waals surface area contributed by atoms with E-state index in [1.54, 1.807) is 0 Å². The van der Waals surface area contributed by atoms with Gasteiger partial charge in [0, 0.05) is 11.1 Å². The van der Waals surface area contributed by atoms with E-state index in [0.29, 0.717) is 0 Å². The standard InChI is InChI=1S/C22H30BrNO2/c23-21-10-6-19(7-11-21)18-20-8-12-22(13-9-20)26-17-4-2-1-3-14-24-15-5-16-25/h6-13,24-25H,1-5,14-18H2. The molecule has 26 heavy (non-hydrogen) atoms. The van der Waals surface area contributed by atoms with Gasteiger partial charge in [-0.1, -0.05) is 53.0 Å². The molecule has 0 radical (unpaired) electrons. The summed E-state index contributed by atoms with van der Waals surface area (Å²) in [5.74, 6) is 0.954. The minimum Gasteiger partial charge on any atom is -0.494 e. The van der Waals surface area contributed by atoms with Crippen molar-refractivity contribution in [3.05, 3.63) is 64.1 Å². The molecule has 0 saturated carbocycles. The minimum absolute atomic E-state index is 0.273. The number of hydrogen-bond donors (Lipinski definition) is 2. The fraction of sp³-hybridized carbons (Fsp3) is 0.455. The second kappa shape index (κ2) is 12.9. The Kier molecular flexibility index (Phi) is 10.4. The number of hydrogen-bond acceptors (Lipinski definition) is 3. The van der Waals surface area contributed by atoms with Gasteiger partial charge < -0.3 is 15.2 Å². The highest BCUT2D eigenvalue weighted by atomic mass is 79.9. The Hall–Kier alpha value is -1.36. The van der Waals surface area contributed by atoms with Crippen LogP contribution in [0.1, 0.15) is 43.2 Å². The van der Waals surface area contributed by atoms with Gasteiger partial charge in [0.25, 0.3) is 0 Å². The van der Waals surface area contributed by atoms with Gasteiger partial charge in [-0.15, -0.1) is 0 Å². The third kappa shape index (κ3) is 8.84. The molecule has 2 aromatic carbocycles. The van der Waals surface area contributed by atoms with E-state index in [4.69, 9.17) is 9.84 Å². The first-order chi connectivity index (χ1) is 12.8. The maximum Gasteiger partial charge on any atom is 0.119 e. The van der Waals surface area contributed by atoms with Crippen molar-refractivity contribution in [3.8, 4) is 5.75 Å². The van der Waals surface area contributed by atoms with E-state index >= 15 is 0 Å². The van der Waals surface area contributed by atoms with Gasteiger partial charge in [-0.25, -0.2) is 0 Å². The molecule has 0 spiro atoms. The number of ether oxygens (including phenoxy) is 1. The van der Waals surface area contributed by atoms with Crippen molar-refractivity contribution < 1.29 is 9.84 Å². The van der Waals surface area contributed by atoms with Crippen molar-refractivity contribution in [1.82, 2.24) is 5.32 Å². The fourth-order valence-electron chi connectivity index (χ4n) is 2.77. The molecular formula is C22H30BrNO2. The largest absolute Gasteiger partial charge is 0.494 e. The molecule has 2 aromatic rings. The maximum atomic E-state index is 8.70. The molecule has 2 N–H and O–H groups in total. The van der Waals surface area contributed by atoms with Crippen LogP contribution in [0.3, 0.4) is 0 Å². The Balaban J connectivity index is 1.55. The molecule has 0 amide bonds. The topological polar surface area (TPSA) is 41.5 Å². The molecule has 0 aromatic heterocycles. The molecule has 0 fully saturated rings. The van der Waals surface area contributed by atoms with E-state index < -0.39 is 0 Å². The molecular weight excluding hydrogens is 390 g/mol. The van der Waals surface area contributed by atoms with Gasteiger partial charge in [0.05, 0.1) is 6.61 Å². The number of rotatable bonds is 13. The highest BCUT2D eigenvalue weighted by molar-refractivity contribution is 9.10. The van der Waals surface area contributed by atoms with Crippen molar-refractivity contribution in [1.29, 1.82) is 0 Å². The van der Waals surface area contributed by atoms with E-state index in [1.807, 2.05) is 0 Å². The number of nitrogens with one attached hydrogen (secondary N) is 1. The first-order valence-electron chi connectivity index (χ1n) is 9.55. The van der Waals surface area contributed by atoms with Crippen LogP contribution in [0.15, 0.2) is 53.0 Å². The van der Waals surface area contributed by atoms with Crippen LogP contribution >= 0.6 is 15.9 Å². The van der Waals surface area contributed by atoms with Crippen LogP contribution in [0.5, 0.6) is 5.75 Å². The molecule has 4 heteroatoms. The number of aliphatic hydroxyl groups is 1. The summed E-state index contributed by atoms with van der Waals surface area (Å²) in [6, 6.07) is 16.9. The smallest absolute Gasteiger partial charge is 0.119 e. The molecule has 2 rings (SSSR count). The fourth-order valence-corrected chi connectivity index (χ4v) is 3.03. The molecule has 0 aliphatic carbocycles. The van der Waals surface area contributed by atoms with Gasteiger partial charge in [-0.2, -0.15) is 0 Å². The van der Waals surface area contributed by atoms with Gasteiger partial charge in [0.2, 0.25) is 0 Å². The van der Waals surface area contributed by atoms with Crippen LogP contribution in [0.25, 0.3) is 0 Å². The van der Waals surface area contributed by atoms with Crippen LogP contribution in [0.2, 0.25) is 0 Å². The Morgan fingerprint density at radius 2 is 1.38 bits per heavy atom. The van der Waals surface area contributed by atoms with Gasteiger partial charge in [-0.05, 0) is 74.2 Å². The van der Waals surface area contributed by atoms with E-state index in [9.17, 15) is 0 Å². The van der Waals surface area contributed by atoms with Crippen molar-refractivity contribution in [2.75, 3.05) is 26.3 Å². The van der Waals surface area contributed by atoms with Gasteiger partial charge in [0.1, 0.15) is 5.75 Å².